The number of nitrogens with zero attached hydrogens (tertiary/aromatic N) is 3. The molecule has 1 spiro atoms. The molecule has 3 heterocycles. The summed E-state index contributed by atoms with van der Waals surface area (Å²) in [6.45, 7) is 23.3. The van der Waals surface area contributed by atoms with Crippen LogP contribution in [-0.4, -0.2) is 89.7 Å². The average molecular weight is 703 g/mol. The van der Waals surface area contributed by atoms with Crippen LogP contribution < -0.4 is 0 Å². The van der Waals surface area contributed by atoms with Gasteiger partial charge in [-0.15, -0.1) is 24.9 Å². The van der Waals surface area contributed by atoms with Gasteiger partial charge in [-0.3, -0.25) is 14.4 Å². The molecule has 9 heteroatoms. The average Bonchev–Trinajstić information content (AvgIpc) is 3.54. The second-order valence-electron chi connectivity index (χ2n) is 15.2. The lowest BCUT2D eigenvalue weighted by molar-refractivity contribution is -0.150. The van der Waals surface area contributed by atoms with Crippen LogP contribution in [0.25, 0.3) is 0 Å². The monoisotopic (exact) mass is 701 g/mol. The van der Waals surface area contributed by atoms with E-state index in [4.69, 9.17) is 0 Å². The smallest absolute Gasteiger partial charge is 0.247 e. The number of hydrogen-bond donors (Lipinski definition) is 1. The van der Waals surface area contributed by atoms with E-state index in [2.05, 4.69) is 63.7 Å². The SMILES string of the molecule is C=CCN(Cc1ccccc1)C(=O)[C@H]1[C@@H]2SC3(CC2Br)C(C(=O)N(CC=C)C(C)(C)CC(C)(C)C)N([C@@H](CO)C(C)C)C(=O)[C@H]13. The second kappa shape index (κ2) is 13.6. The predicted molar refractivity (Wildman–Crippen MR) is 187 cm³/mol. The van der Waals surface area contributed by atoms with Crippen molar-refractivity contribution in [3.63, 3.8) is 0 Å². The summed E-state index contributed by atoms with van der Waals surface area (Å²) in [4.78, 5) is 49.8. The topological polar surface area (TPSA) is 81.2 Å². The Labute approximate surface area is 283 Å². The van der Waals surface area contributed by atoms with Crippen molar-refractivity contribution in [2.24, 2.45) is 23.2 Å². The number of fused-ring (bicyclic) bond motifs is 1. The minimum atomic E-state index is -0.816. The quantitative estimate of drug-likeness (QED) is 0.204. The van der Waals surface area contributed by atoms with Crippen molar-refractivity contribution >= 4 is 45.4 Å². The molecule has 7 atom stereocenters. The van der Waals surface area contributed by atoms with Gasteiger partial charge in [0.1, 0.15) is 6.04 Å². The molecule has 45 heavy (non-hydrogen) atoms. The summed E-state index contributed by atoms with van der Waals surface area (Å²) < 4.78 is -0.806. The number of carbonyl (C=O) groups is 3. The maximum atomic E-state index is 15.1. The van der Waals surface area contributed by atoms with Crippen LogP contribution in [0.15, 0.2) is 55.6 Å². The van der Waals surface area contributed by atoms with Crippen LogP contribution in [0.3, 0.4) is 0 Å². The Balaban J connectivity index is 1.83. The number of likely N-dealkylation sites (tertiary alicyclic amines) is 1. The molecule has 248 valence electrons. The number of aliphatic hydroxyl groups is 1. The van der Waals surface area contributed by atoms with E-state index < -0.39 is 34.2 Å². The molecule has 3 amide bonds. The van der Waals surface area contributed by atoms with E-state index in [1.807, 2.05) is 49.1 Å². The van der Waals surface area contributed by atoms with Crippen molar-refractivity contribution in [1.29, 1.82) is 0 Å². The Bertz CT molecular complexity index is 1280. The summed E-state index contributed by atoms with van der Waals surface area (Å²) in [6, 6.07) is 8.47. The first-order valence-electron chi connectivity index (χ1n) is 16.2. The van der Waals surface area contributed by atoms with Crippen LogP contribution in [0, 0.1) is 23.2 Å². The standard InChI is InChI=1S/C36H52BrN3O4S/c1-10-17-38(20-24-15-13-12-14-16-24)31(42)27-28-32(43)40(26(21-41)23(3)4)30(36(28)19-25(37)29(27)45-36)33(44)39(18-11-2)35(8,9)22-34(5,6)7/h10-16,23,25-30,41H,1-2,17-22H2,3-9H3/t25?,26-,27+,28-,29+,30?,36?/m0/s1. The zero-order valence-corrected chi connectivity index (χ0v) is 30.4. The highest BCUT2D eigenvalue weighted by Crippen LogP contribution is 2.68. The zero-order chi connectivity index (χ0) is 33.5. The summed E-state index contributed by atoms with van der Waals surface area (Å²) in [6.07, 6.45) is 4.81. The first kappa shape index (κ1) is 35.7. The van der Waals surface area contributed by atoms with Gasteiger partial charge in [-0.05, 0) is 43.6 Å². The largest absolute Gasteiger partial charge is 0.394 e. The molecular formula is C36H52BrN3O4S. The maximum Gasteiger partial charge on any atom is 0.247 e. The Morgan fingerprint density at radius 2 is 1.73 bits per heavy atom. The Morgan fingerprint density at radius 3 is 2.27 bits per heavy atom. The van der Waals surface area contributed by atoms with Gasteiger partial charge in [0.2, 0.25) is 17.7 Å². The molecule has 3 saturated heterocycles. The molecule has 3 aliphatic rings. The summed E-state index contributed by atoms with van der Waals surface area (Å²) >= 11 is 5.55. The van der Waals surface area contributed by atoms with Crippen LogP contribution in [0.2, 0.25) is 0 Å². The number of aliphatic hydroxyl groups excluding tert-OH is 1. The third kappa shape index (κ3) is 6.68. The molecule has 1 aromatic rings. The summed E-state index contributed by atoms with van der Waals surface area (Å²) in [5.41, 5.74) is 0.426. The second-order valence-corrected chi connectivity index (χ2v) is 17.9. The van der Waals surface area contributed by atoms with Crippen molar-refractivity contribution in [3.05, 3.63) is 61.2 Å². The highest BCUT2D eigenvalue weighted by atomic mass is 79.9. The molecule has 0 aliphatic carbocycles. The van der Waals surface area contributed by atoms with Gasteiger partial charge in [0.15, 0.2) is 0 Å². The molecule has 3 fully saturated rings. The number of hydrogen-bond acceptors (Lipinski definition) is 5. The van der Waals surface area contributed by atoms with Crippen molar-refractivity contribution in [1.82, 2.24) is 14.7 Å². The maximum absolute atomic E-state index is 15.1. The molecule has 0 radical (unpaired) electrons. The van der Waals surface area contributed by atoms with Crippen LogP contribution in [0.1, 0.15) is 66.9 Å². The van der Waals surface area contributed by atoms with Gasteiger partial charge in [0, 0.05) is 35.3 Å². The highest BCUT2D eigenvalue weighted by Gasteiger charge is 2.77. The fourth-order valence-electron chi connectivity index (χ4n) is 8.31. The lowest BCUT2D eigenvalue weighted by Crippen LogP contribution is -2.62. The highest BCUT2D eigenvalue weighted by molar-refractivity contribution is 9.09. The summed E-state index contributed by atoms with van der Waals surface area (Å²) in [5.74, 6) is -1.78. The van der Waals surface area contributed by atoms with Crippen LogP contribution in [0.4, 0.5) is 0 Å². The van der Waals surface area contributed by atoms with Crippen LogP contribution in [-0.2, 0) is 20.9 Å². The number of benzene rings is 1. The molecular weight excluding hydrogens is 650 g/mol. The van der Waals surface area contributed by atoms with E-state index in [9.17, 15) is 14.7 Å². The van der Waals surface area contributed by atoms with Gasteiger partial charge in [-0.2, -0.15) is 0 Å². The molecule has 4 rings (SSSR count). The number of carbonyl (C=O) groups excluding carboxylic acids is 3. The van der Waals surface area contributed by atoms with E-state index in [0.29, 0.717) is 26.1 Å². The summed E-state index contributed by atoms with van der Waals surface area (Å²) in [5, 5.41) is 10.5. The Hall–Kier alpha value is -2.10. The normalized spacial score (nSPS) is 28.3. The molecule has 3 aliphatic heterocycles. The molecule has 2 bridgehead atoms. The lowest BCUT2D eigenvalue weighted by atomic mass is 9.70. The van der Waals surface area contributed by atoms with Crippen LogP contribution in [0.5, 0.6) is 0 Å². The third-order valence-electron chi connectivity index (χ3n) is 9.71. The van der Waals surface area contributed by atoms with E-state index in [-0.39, 0.29) is 45.7 Å². The fourth-order valence-corrected chi connectivity index (χ4v) is 11.9. The summed E-state index contributed by atoms with van der Waals surface area (Å²) in [7, 11) is 0. The van der Waals surface area contributed by atoms with Gasteiger partial charge < -0.3 is 19.8 Å². The molecule has 0 aromatic heterocycles. The predicted octanol–water partition coefficient (Wildman–Crippen LogP) is 5.91. The van der Waals surface area contributed by atoms with E-state index in [1.54, 1.807) is 33.7 Å². The lowest BCUT2D eigenvalue weighted by Gasteiger charge is -2.47. The van der Waals surface area contributed by atoms with Crippen LogP contribution >= 0.6 is 27.7 Å². The number of amides is 3. The Morgan fingerprint density at radius 1 is 1.11 bits per heavy atom. The number of halogens is 1. The van der Waals surface area contributed by atoms with Crippen molar-refractivity contribution in [2.45, 2.75) is 100 Å². The van der Waals surface area contributed by atoms with Crippen molar-refractivity contribution in [2.75, 3.05) is 19.7 Å². The van der Waals surface area contributed by atoms with Crippen molar-refractivity contribution in [3.8, 4) is 0 Å². The molecule has 0 saturated carbocycles. The minimum absolute atomic E-state index is 0.0416. The fraction of sp³-hybridized carbons (Fsp3) is 0.639. The van der Waals surface area contributed by atoms with Gasteiger partial charge in [-0.1, -0.05) is 93.0 Å². The van der Waals surface area contributed by atoms with E-state index in [0.717, 1.165) is 12.0 Å². The Kier molecular flexibility index (Phi) is 10.8. The molecule has 1 N–H and O–H groups in total. The molecule has 7 nitrogen and oxygen atoms in total. The zero-order valence-electron chi connectivity index (χ0n) is 28.0. The van der Waals surface area contributed by atoms with E-state index >= 15 is 4.79 Å². The first-order chi connectivity index (χ1) is 21.0. The van der Waals surface area contributed by atoms with Gasteiger partial charge >= 0.3 is 0 Å². The number of rotatable bonds is 13. The minimum Gasteiger partial charge on any atom is -0.394 e. The van der Waals surface area contributed by atoms with Gasteiger partial charge in [0.05, 0.1) is 29.2 Å². The third-order valence-corrected chi connectivity index (χ3v) is 12.9. The first-order valence-corrected chi connectivity index (χ1v) is 17.9. The molecule has 1 aromatic carbocycles. The number of alkyl halides is 1. The molecule has 3 unspecified atom stereocenters. The van der Waals surface area contributed by atoms with Crippen molar-refractivity contribution < 1.29 is 19.5 Å². The van der Waals surface area contributed by atoms with Gasteiger partial charge in [0.25, 0.3) is 0 Å². The van der Waals surface area contributed by atoms with E-state index in [1.165, 1.54) is 0 Å². The van der Waals surface area contributed by atoms with Gasteiger partial charge in [-0.25, -0.2) is 0 Å². The number of thioether (sulfide) groups is 1.